The Morgan fingerprint density at radius 3 is 2.79 bits per heavy atom. The second-order valence-electron chi connectivity index (χ2n) is 4.71. The lowest BCUT2D eigenvalue weighted by Gasteiger charge is -2.07. The summed E-state index contributed by atoms with van der Waals surface area (Å²) >= 11 is 6.95. The van der Waals surface area contributed by atoms with Gasteiger partial charge in [-0.2, -0.15) is 4.68 Å². The highest BCUT2D eigenvalue weighted by molar-refractivity contribution is 7.99. The molecule has 1 aromatic heterocycles. The molecule has 3 aromatic rings. The summed E-state index contributed by atoms with van der Waals surface area (Å²) in [7, 11) is 0. The van der Waals surface area contributed by atoms with Crippen LogP contribution in [0, 0.1) is 0 Å². The first-order valence-electron chi connectivity index (χ1n) is 6.88. The molecule has 0 radical (unpaired) electrons. The van der Waals surface area contributed by atoms with Gasteiger partial charge in [0.25, 0.3) is 0 Å². The van der Waals surface area contributed by atoms with E-state index in [1.54, 1.807) is 10.7 Å². The van der Waals surface area contributed by atoms with Gasteiger partial charge in [0.15, 0.2) is 0 Å². The summed E-state index contributed by atoms with van der Waals surface area (Å²) in [5.41, 5.74) is 1.11. The standard InChI is InChI=1S/C15H12ClN5O2S/c16-10-6-7-12(13(22)8-10)17-14(23)9-24-15-18-19-20-21(15)11-4-2-1-3-5-11/h1-8,22H,9H2,(H,17,23). The molecule has 1 amide bonds. The first-order valence-corrected chi connectivity index (χ1v) is 8.25. The Balaban J connectivity index is 1.64. The van der Waals surface area contributed by atoms with Crippen molar-refractivity contribution < 1.29 is 9.90 Å². The number of phenolic OH excluding ortho intramolecular Hbond substituents is 1. The molecule has 2 aromatic carbocycles. The molecule has 24 heavy (non-hydrogen) atoms. The van der Waals surface area contributed by atoms with Gasteiger partial charge in [0.1, 0.15) is 5.75 Å². The number of para-hydroxylation sites is 1. The third-order valence-electron chi connectivity index (χ3n) is 3.01. The molecule has 0 aliphatic rings. The predicted octanol–water partition coefficient (Wildman–Crippen LogP) is 2.75. The van der Waals surface area contributed by atoms with E-state index in [0.717, 1.165) is 5.69 Å². The van der Waals surface area contributed by atoms with Crippen molar-refractivity contribution in [3.05, 3.63) is 53.6 Å². The van der Waals surface area contributed by atoms with Crippen molar-refractivity contribution in [2.24, 2.45) is 0 Å². The molecule has 0 saturated heterocycles. The number of aromatic hydroxyl groups is 1. The van der Waals surface area contributed by atoms with Crippen molar-refractivity contribution in [2.45, 2.75) is 5.16 Å². The van der Waals surface area contributed by atoms with Gasteiger partial charge in [-0.3, -0.25) is 4.79 Å². The number of tetrazole rings is 1. The van der Waals surface area contributed by atoms with Crippen molar-refractivity contribution in [1.29, 1.82) is 0 Å². The summed E-state index contributed by atoms with van der Waals surface area (Å²) in [5, 5.41) is 24.7. The minimum atomic E-state index is -0.291. The van der Waals surface area contributed by atoms with E-state index < -0.39 is 0 Å². The number of nitrogens with one attached hydrogen (secondary N) is 1. The van der Waals surface area contributed by atoms with Crippen LogP contribution in [-0.2, 0) is 4.79 Å². The Hall–Kier alpha value is -2.58. The molecule has 122 valence electrons. The monoisotopic (exact) mass is 361 g/mol. The summed E-state index contributed by atoms with van der Waals surface area (Å²) in [5.74, 6) is -0.287. The minimum Gasteiger partial charge on any atom is -0.506 e. The number of hydrogen-bond acceptors (Lipinski definition) is 6. The molecule has 2 N–H and O–H groups in total. The van der Waals surface area contributed by atoms with Crippen LogP contribution in [0.25, 0.3) is 5.69 Å². The van der Waals surface area contributed by atoms with E-state index in [4.69, 9.17) is 11.6 Å². The van der Waals surface area contributed by atoms with Gasteiger partial charge >= 0.3 is 0 Å². The van der Waals surface area contributed by atoms with Crippen LogP contribution in [0.15, 0.2) is 53.7 Å². The Bertz CT molecular complexity index is 856. The maximum absolute atomic E-state index is 12.0. The number of benzene rings is 2. The molecule has 0 aliphatic heterocycles. The first kappa shape index (κ1) is 16.3. The SMILES string of the molecule is O=C(CSc1nnnn1-c1ccccc1)Nc1ccc(Cl)cc1O. The highest BCUT2D eigenvalue weighted by Gasteiger charge is 2.12. The third-order valence-corrected chi connectivity index (χ3v) is 4.16. The number of carbonyl (C=O) groups is 1. The highest BCUT2D eigenvalue weighted by Crippen LogP contribution is 2.27. The van der Waals surface area contributed by atoms with E-state index in [-0.39, 0.29) is 17.4 Å². The van der Waals surface area contributed by atoms with E-state index >= 15 is 0 Å². The number of halogens is 1. The molecule has 0 fully saturated rings. The molecular formula is C15H12ClN5O2S. The van der Waals surface area contributed by atoms with Crippen molar-refractivity contribution in [3.8, 4) is 11.4 Å². The van der Waals surface area contributed by atoms with Crippen LogP contribution in [0.4, 0.5) is 5.69 Å². The van der Waals surface area contributed by atoms with Gasteiger partial charge in [-0.25, -0.2) is 0 Å². The number of aromatic nitrogens is 4. The van der Waals surface area contributed by atoms with Crippen LogP contribution in [-0.4, -0.2) is 37.0 Å². The van der Waals surface area contributed by atoms with Gasteiger partial charge in [0.2, 0.25) is 11.1 Å². The Kier molecular flexibility index (Phi) is 4.97. The Morgan fingerprint density at radius 1 is 1.25 bits per heavy atom. The summed E-state index contributed by atoms with van der Waals surface area (Å²) < 4.78 is 1.55. The van der Waals surface area contributed by atoms with Crippen molar-refractivity contribution in [1.82, 2.24) is 20.2 Å². The Labute approximate surface area is 146 Å². The number of nitrogens with zero attached hydrogens (tertiary/aromatic N) is 4. The molecule has 3 rings (SSSR count). The van der Waals surface area contributed by atoms with Crippen LogP contribution in [0.2, 0.25) is 5.02 Å². The fourth-order valence-corrected chi connectivity index (χ4v) is 2.78. The van der Waals surface area contributed by atoms with Gasteiger partial charge in [-0.1, -0.05) is 41.6 Å². The smallest absolute Gasteiger partial charge is 0.234 e. The van der Waals surface area contributed by atoms with E-state index in [9.17, 15) is 9.90 Å². The fourth-order valence-electron chi connectivity index (χ4n) is 1.93. The van der Waals surface area contributed by atoms with E-state index in [1.165, 1.54) is 23.9 Å². The van der Waals surface area contributed by atoms with Crippen molar-refractivity contribution >= 4 is 35.0 Å². The number of phenols is 1. The quantitative estimate of drug-likeness (QED) is 0.536. The van der Waals surface area contributed by atoms with Crippen molar-refractivity contribution in [3.63, 3.8) is 0 Å². The number of amides is 1. The van der Waals surface area contributed by atoms with Gasteiger partial charge in [0, 0.05) is 11.1 Å². The van der Waals surface area contributed by atoms with Gasteiger partial charge in [-0.15, -0.1) is 5.10 Å². The molecule has 1 heterocycles. The van der Waals surface area contributed by atoms with Crippen LogP contribution in [0.3, 0.4) is 0 Å². The van der Waals surface area contributed by atoms with Crippen LogP contribution in [0.1, 0.15) is 0 Å². The average Bonchev–Trinajstić information content (AvgIpc) is 3.05. The van der Waals surface area contributed by atoms with Crippen LogP contribution in [0.5, 0.6) is 5.75 Å². The van der Waals surface area contributed by atoms with E-state index in [1.807, 2.05) is 30.3 Å². The van der Waals surface area contributed by atoms with Gasteiger partial charge < -0.3 is 10.4 Å². The maximum atomic E-state index is 12.0. The lowest BCUT2D eigenvalue weighted by atomic mass is 10.3. The summed E-state index contributed by atoms with van der Waals surface area (Å²) in [4.78, 5) is 12.0. The largest absolute Gasteiger partial charge is 0.506 e. The first-order chi connectivity index (χ1) is 11.6. The molecule has 0 saturated carbocycles. The molecule has 0 atom stereocenters. The zero-order chi connectivity index (χ0) is 16.9. The fraction of sp³-hybridized carbons (Fsp3) is 0.0667. The summed E-state index contributed by atoms with van der Waals surface area (Å²) in [6, 6.07) is 13.9. The zero-order valence-corrected chi connectivity index (χ0v) is 13.8. The van der Waals surface area contributed by atoms with Gasteiger partial charge in [0.05, 0.1) is 17.1 Å². The van der Waals surface area contributed by atoms with Gasteiger partial charge in [-0.05, 0) is 34.7 Å². The number of anilines is 1. The summed E-state index contributed by atoms with van der Waals surface area (Å²) in [6.07, 6.45) is 0. The number of hydrogen-bond donors (Lipinski definition) is 2. The third kappa shape index (κ3) is 3.84. The number of thioether (sulfide) groups is 1. The predicted molar refractivity (Wildman–Crippen MR) is 91.6 cm³/mol. The lowest BCUT2D eigenvalue weighted by molar-refractivity contribution is -0.113. The number of carbonyl (C=O) groups excluding carboxylic acids is 1. The van der Waals surface area contributed by atoms with Crippen LogP contribution < -0.4 is 5.32 Å². The molecule has 7 nitrogen and oxygen atoms in total. The molecule has 0 aliphatic carbocycles. The van der Waals surface area contributed by atoms with E-state index in [0.29, 0.717) is 15.9 Å². The second-order valence-corrected chi connectivity index (χ2v) is 6.09. The molecule has 9 heteroatoms. The Morgan fingerprint density at radius 2 is 2.04 bits per heavy atom. The van der Waals surface area contributed by atoms with Crippen LogP contribution >= 0.6 is 23.4 Å². The average molecular weight is 362 g/mol. The lowest BCUT2D eigenvalue weighted by Crippen LogP contribution is -2.14. The zero-order valence-electron chi connectivity index (χ0n) is 12.3. The number of rotatable bonds is 5. The second kappa shape index (κ2) is 7.33. The highest BCUT2D eigenvalue weighted by atomic mass is 35.5. The molecule has 0 bridgehead atoms. The normalized spacial score (nSPS) is 10.5. The van der Waals surface area contributed by atoms with Crippen molar-refractivity contribution in [2.75, 3.05) is 11.1 Å². The molecule has 0 spiro atoms. The summed E-state index contributed by atoms with van der Waals surface area (Å²) in [6.45, 7) is 0. The topological polar surface area (TPSA) is 92.9 Å². The van der Waals surface area contributed by atoms with E-state index in [2.05, 4.69) is 20.8 Å². The molecule has 0 unspecified atom stereocenters. The minimum absolute atomic E-state index is 0.0880. The maximum Gasteiger partial charge on any atom is 0.234 e. The molecular weight excluding hydrogens is 350 g/mol.